The third-order valence-corrected chi connectivity index (χ3v) is 2.55. The molecule has 0 fully saturated rings. The molecule has 0 spiro atoms. The lowest BCUT2D eigenvalue weighted by molar-refractivity contribution is 0.351. The highest BCUT2D eigenvalue weighted by Gasteiger charge is 2.12. The lowest BCUT2D eigenvalue weighted by atomic mass is 10.0. The van der Waals surface area contributed by atoms with Crippen molar-refractivity contribution in [2.45, 2.75) is 0 Å². The zero-order valence-electron chi connectivity index (χ0n) is 9.74. The number of benzene rings is 2. The summed E-state index contributed by atoms with van der Waals surface area (Å²) in [7, 11) is 2.87. The van der Waals surface area contributed by atoms with Crippen molar-refractivity contribution in [3.63, 3.8) is 0 Å². The van der Waals surface area contributed by atoms with Crippen LogP contribution in [0.25, 0.3) is 11.1 Å². The molecule has 0 aliphatic heterocycles. The average Bonchev–Trinajstić information content (AvgIpc) is 2.40. The van der Waals surface area contributed by atoms with E-state index in [2.05, 4.69) is 0 Å². The maximum atomic E-state index is 13.7. The Bertz CT molecular complexity index is 484. The van der Waals surface area contributed by atoms with Crippen LogP contribution < -0.4 is 9.47 Å². The van der Waals surface area contributed by atoms with Gasteiger partial charge in [0.05, 0.1) is 14.2 Å². The van der Waals surface area contributed by atoms with Crippen LogP contribution in [-0.4, -0.2) is 14.2 Å². The second-order valence-electron chi connectivity index (χ2n) is 3.56. The van der Waals surface area contributed by atoms with Gasteiger partial charge in [-0.2, -0.15) is 4.39 Å². The van der Waals surface area contributed by atoms with Gasteiger partial charge in [-0.3, -0.25) is 0 Å². The van der Waals surface area contributed by atoms with Gasteiger partial charge in [0.15, 0.2) is 11.5 Å². The average molecular weight is 232 g/mol. The molecule has 2 aromatic rings. The fraction of sp³-hybridized carbons (Fsp3) is 0.143. The van der Waals surface area contributed by atoms with Crippen LogP contribution in [0.5, 0.6) is 11.5 Å². The topological polar surface area (TPSA) is 18.5 Å². The Labute approximate surface area is 99.6 Å². The molecule has 0 saturated carbocycles. The summed E-state index contributed by atoms with van der Waals surface area (Å²) in [6, 6.07) is 13.0. The van der Waals surface area contributed by atoms with Crippen LogP contribution in [0.15, 0.2) is 42.5 Å². The van der Waals surface area contributed by atoms with Crippen LogP contribution in [0.1, 0.15) is 0 Å². The molecule has 2 nitrogen and oxygen atoms in total. The molecule has 3 heteroatoms. The number of methoxy groups -OCH3 is 2. The molecule has 2 rings (SSSR count). The smallest absolute Gasteiger partial charge is 0.206 e. The minimum Gasteiger partial charge on any atom is -0.494 e. The Hall–Kier alpha value is -2.03. The van der Waals surface area contributed by atoms with Gasteiger partial charge in [-0.05, 0) is 23.3 Å². The van der Waals surface area contributed by atoms with Crippen LogP contribution in [0.2, 0.25) is 0 Å². The van der Waals surface area contributed by atoms with E-state index in [4.69, 9.17) is 9.47 Å². The van der Waals surface area contributed by atoms with E-state index < -0.39 is 5.82 Å². The minimum absolute atomic E-state index is 0.184. The lowest BCUT2D eigenvalue weighted by Gasteiger charge is -2.10. The summed E-state index contributed by atoms with van der Waals surface area (Å²) in [6.07, 6.45) is 0. The van der Waals surface area contributed by atoms with Gasteiger partial charge < -0.3 is 9.47 Å². The quantitative estimate of drug-likeness (QED) is 0.806. The monoisotopic (exact) mass is 232 g/mol. The molecule has 88 valence electrons. The van der Waals surface area contributed by atoms with Crippen molar-refractivity contribution in [3.8, 4) is 22.6 Å². The summed E-state index contributed by atoms with van der Waals surface area (Å²) in [5.74, 6) is -0.110. The summed E-state index contributed by atoms with van der Waals surface area (Å²) in [5, 5.41) is 0. The summed E-state index contributed by atoms with van der Waals surface area (Å²) < 4.78 is 23.7. The summed E-state index contributed by atoms with van der Waals surface area (Å²) in [6.45, 7) is 0. The fourth-order valence-corrected chi connectivity index (χ4v) is 1.67. The van der Waals surface area contributed by atoms with E-state index >= 15 is 0 Å². The molecule has 17 heavy (non-hydrogen) atoms. The molecule has 0 amide bonds. The number of halogens is 1. The van der Waals surface area contributed by atoms with Gasteiger partial charge in [-0.1, -0.05) is 30.3 Å². The van der Waals surface area contributed by atoms with Crippen molar-refractivity contribution in [3.05, 3.63) is 48.3 Å². The standard InChI is InChI=1S/C14H13FO2/c1-16-12-8-11(9-13(17-2)14(12)15)10-6-4-3-5-7-10/h3-9H,1-2H3. The second-order valence-corrected chi connectivity index (χ2v) is 3.56. The van der Waals surface area contributed by atoms with Crippen LogP contribution >= 0.6 is 0 Å². The molecule has 0 aromatic heterocycles. The third-order valence-electron chi connectivity index (χ3n) is 2.55. The summed E-state index contributed by atoms with van der Waals surface area (Å²) >= 11 is 0. The van der Waals surface area contributed by atoms with E-state index in [1.807, 2.05) is 30.3 Å². The Morgan fingerprint density at radius 3 is 1.82 bits per heavy atom. The molecule has 0 aliphatic rings. The zero-order valence-corrected chi connectivity index (χ0v) is 9.74. The maximum absolute atomic E-state index is 13.7. The highest BCUT2D eigenvalue weighted by atomic mass is 19.1. The lowest BCUT2D eigenvalue weighted by Crippen LogP contribution is -1.94. The molecule has 0 N–H and O–H groups in total. The summed E-state index contributed by atoms with van der Waals surface area (Å²) in [4.78, 5) is 0. The van der Waals surface area contributed by atoms with Gasteiger partial charge in [0, 0.05) is 0 Å². The summed E-state index contributed by atoms with van der Waals surface area (Å²) in [5.41, 5.74) is 1.85. The highest BCUT2D eigenvalue weighted by Crippen LogP contribution is 2.33. The Morgan fingerprint density at radius 2 is 1.35 bits per heavy atom. The number of hydrogen-bond acceptors (Lipinski definition) is 2. The van der Waals surface area contributed by atoms with Crippen LogP contribution in [-0.2, 0) is 0 Å². The first-order valence-corrected chi connectivity index (χ1v) is 5.23. The van der Waals surface area contributed by atoms with E-state index in [0.717, 1.165) is 11.1 Å². The minimum atomic E-state index is -0.477. The van der Waals surface area contributed by atoms with Gasteiger partial charge in [0.2, 0.25) is 5.82 Å². The van der Waals surface area contributed by atoms with Crippen LogP contribution in [0, 0.1) is 5.82 Å². The second kappa shape index (κ2) is 4.87. The molecule has 2 aromatic carbocycles. The third kappa shape index (κ3) is 2.23. The number of ether oxygens (including phenoxy) is 2. The van der Waals surface area contributed by atoms with Gasteiger partial charge in [0.1, 0.15) is 0 Å². The zero-order chi connectivity index (χ0) is 12.3. The SMILES string of the molecule is COc1cc(-c2ccccc2)cc(OC)c1F. The largest absolute Gasteiger partial charge is 0.494 e. The maximum Gasteiger partial charge on any atom is 0.206 e. The molecular weight excluding hydrogens is 219 g/mol. The van der Waals surface area contributed by atoms with Crippen LogP contribution in [0.3, 0.4) is 0 Å². The van der Waals surface area contributed by atoms with Crippen LogP contribution in [0.4, 0.5) is 4.39 Å². The van der Waals surface area contributed by atoms with Crippen molar-refractivity contribution in [1.82, 2.24) is 0 Å². The molecule has 0 aliphatic carbocycles. The van der Waals surface area contributed by atoms with E-state index in [1.165, 1.54) is 14.2 Å². The number of hydrogen-bond donors (Lipinski definition) is 0. The molecule has 0 radical (unpaired) electrons. The predicted octanol–water partition coefficient (Wildman–Crippen LogP) is 3.51. The number of rotatable bonds is 3. The van der Waals surface area contributed by atoms with Crippen molar-refractivity contribution in [2.75, 3.05) is 14.2 Å². The molecule has 0 atom stereocenters. The molecule has 0 bridgehead atoms. The molecular formula is C14H13FO2. The van der Waals surface area contributed by atoms with Gasteiger partial charge in [-0.15, -0.1) is 0 Å². The fourth-order valence-electron chi connectivity index (χ4n) is 1.67. The van der Waals surface area contributed by atoms with Crippen molar-refractivity contribution in [2.24, 2.45) is 0 Å². The molecule has 0 unspecified atom stereocenters. The van der Waals surface area contributed by atoms with E-state index in [9.17, 15) is 4.39 Å². The Kier molecular flexibility index (Phi) is 3.28. The Balaban J connectivity index is 2.56. The van der Waals surface area contributed by atoms with Gasteiger partial charge in [-0.25, -0.2) is 0 Å². The van der Waals surface area contributed by atoms with E-state index in [0.29, 0.717) is 0 Å². The molecule has 0 saturated heterocycles. The Morgan fingerprint density at radius 1 is 0.824 bits per heavy atom. The van der Waals surface area contributed by atoms with Crippen molar-refractivity contribution >= 4 is 0 Å². The molecule has 0 heterocycles. The van der Waals surface area contributed by atoms with Crippen molar-refractivity contribution in [1.29, 1.82) is 0 Å². The van der Waals surface area contributed by atoms with E-state index in [1.54, 1.807) is 12.1 Å². The first-order valence-electron chi connectivity index (χ1n) is 5.23. The van der Waals surface area contributed by atoms with E-state index in [-0.39, 0.29) is 11.5 Å². The first kappa shape index (κ1) is 11.5. The van der Waals surface area contributed by atoms with Crippen molar-refractivity contribution < 1.29 is 13.9 Å². The predicted molar refractivity (Wildman–Crippen MR) is 64.9 cm³/mol. The normalized spacial score (nSPS) is 10.1. The van der Waals surface area contributed by atoms with Gasteiger partial charge in [0.25, 0.3) is 0 Å². The van der Waals surface area contributed by atoms with Gasteiger partial charge >= 0.3 is 0 Å². The highest BCUT2D eigenvalue weighted by molar-refractivity contribution is 5.67. The first-order chi connectivity index (χ1) is 8.26.